The van der Waals surface area contributed by atoms with E-state index in [1.54, 1.807) is 0 Å². The molecule has 0 radical (unpaired) electrons. The van der Waals surface area contributed by atoms with Crippen molar-refractivity contribution in [2.24, 2.45) is 0 Å². The molecule has 0 aromatic heterocycles. The summed E-state index contributed by atoms with van der Waals surface area (Å²) in [4.78, 5) is 2.24. The quantitative estimate of drug-likeness (QED) is 0.903. The van der Waals surface area contributed by atoms with E-state index in [0.29, 0.717) is 13.2 Å². The summed E-state index contributed by atoms with van der Waals surface area (Å²) in [5.41, 5.74) is 2.33. The third-order valence-corrected chi connectivity index (χ3v) is 3.73. The van der Waals surface area contributed by atoms with Gasteiger partial charge in [0.25, 0.3) is 0 Å². The first-order valence-electron chi connectivity index (χ1n) is 7.70. The van der Waals surface area contributed by atoms with Gasteiger partial charge in [-0.1, -0.05) is 17.7 Å². The van der Waals surface area contributed by atoms with Crippen LogP contribution in [0, 0.1) is 13.8 Å². The highest BCUT2D eigenvalue weighted by atomic mass is 16.5. The summed E-state index contributed by atoms with van der Waals surface area (Å²) in [7, 11) is 0. The molecule has 0 unspecified atom stereocenters. The van der Waals surface area contributed by atoms with Gasteiger partial charge in [0, 0.05) is 19.6 Å². The zero-order valence-electron chi connectivity index (χ0n) is 13.5. The van der Waals surface area contributed by atoms with Gasteiger partial charge in [0.05, 0.1) is 12.2 Å². The van der Waals surface area contributed by atoms with Crippen LogP contribution in [0.4, 0.5) is 0 Å². The molecule has 0 saturated carbocycles. The summed E-state index contributed by atoms with van der Waals surface area (Å²) in [6.07, 6.45) is -0.0365. The molecule has 1 N–H and O–H groups in total. The standard InChI is InChI=1S/C17H27NO3/c1-12-5-6-17(13(2)7-12)20-11-16(19)10-18-8-14(3)21-15(4)9-18/h5-7,14-16,19H,8-11H2,1-4H3/t14-,15+,16-/m1/s1. The van der Waals surface area contributed by atoms with Crippen molar-refractivity contribution in [2.75, 3.05) is 26.2 Å². The molecule has 118 valence electrons. The summed E-state index contributed by atoms with van der Waals surface area (Å²) in [6.45, 7) is 10.9. The topological polar surface area (TPSA) is 41.9 Å². The molecule has 4 heteroatoms. The van der Waals surface area contributed by atoms with E-state index in [1.807, 2.05) is 19.1 Å². The van der Waals surface area contributed by atoms with Gasteiger partial charge in [0.2, 0.25) is 0 Å². The predicted octanol–water partition coefficient (Wildman–Crippen LogP) is 2.15. The van der Waals surface area contributed by atoms with Crippen molar-refractivity contribution < 1.29 is 14.6 Å². The van der Waals surface area contributed by atoms with Crippen LogP contribution in [0.15, 0.2) is 18.2 Å². The second-order valence-electron chi connectivity index (χ2n) is 6.21. The lowest BCUT2D eigenvalue weighted by Crippen LogP contribution is -2.48. The molecule has 1 aromatic rings. The zero-order valence-corrected chi connectivity index (χ0v) is 13.5. The average molecular weight is 293 g/mol. The monoisotopic (exact) mass is 293 g/mol. The largest absolute Gasteiger partial charge is 0.491 e. The SMILES string of the molecule is Cc1ccc(OC[C@H](O)CN2C[C@@H](C)O[C@@H](C)C2)c(C)c1. The Morgan fingerprint density at radius 3 is 2.57 bits per heavy atom. The van der Waals surface area contributed by atoms with Crippen molar-refractivity contribution in [1.82, 2.24) is 4.90 Å². The molecule has 0 bridgehead atoms. The molecule has 0 amide bonds. The molecule has 2 rings (SSSR count). The highest BCUT2D eigenvalue weighted by molar-refractivity contribution is 5.35. The van der Waals surface area contributed by atoms with Crippen LogP contribution in [0.25, 0.3) is 0 Å². The number of aliphatic hydroxyl groups is 1. The first kappa shape index (κ1) is 16.3. The van der Waals surface area contributed by atoms with E-state index in [1.165, 1.54) is 5.56 Å². The molecule has 21 heavy (non-hydrogen) atoms. The molecule has 0 aliphatic carbocycles. The number of aryl methyl sites for hydroxylation is 2. The minimum atomic E-state index is -0.483. The van der Waals surface area contributed by atoms with Crippen LogP contribution in [0.2, 0.25) is 0 Å². The molecule has 4 nitrogen and oxygen atoms in total. The van der Waals surface area contributed by atoms with Crippen LogP contribution in [0.3, 0.4) is 0 Å². The fourth-order valence-electron chi connectivity index (χ4n) is 2.93. The number of aliphatic hydroxyl groups excluding tert-OH is 1. The van der Waals surface area contributed by atoms with Crippen molar-refractivity contribution >= 4 is 0 Å². The van der Waals surface area contributed by atoms with Crippen molar-refractivity contribution in [3.05, 3.63) is 29.3 Å². The maximum Gasteiger partial charge on any atom is 0.122 e. The Morgan fingerprint density at radius 2 is 1.95 bits per heavy atom. The molecule has 1 aliphatic rings. The second kappa shape index (κ2) is 7.25. The Balaban J connectivity index is 1.80. The summed E-state index contributed by atoms with van der Waals surface area (Å²) < 4.78 is 11.4. The van der Waals surface area contributed by atoms with Gasteiger partial charge < -0.3 is 14.6 Å². The van der Waals surface area contributed by atoms with Crippen molar-refractivity contribution in [2.45, 2.75) is 46.0 Å². The third kappa shape index (κ3) is 4.99. The molecule has 1 heterocycles. The molecule has 1 saturated heterocycles. The molecule has 3 atom stereocenters. The molecule has 1 aromatic carbocycles. The van der Waals surface area contributed by atoms with Crippen LogP contribution in [-0.4, -0.2) is 54.6 Å². The lowest BCUT2D eigenvalue weighted by Gasteiger charge is -2.36. The minimum Gasteiger partial charge on any atom is -0.491 e. The first-order valence-corrected chi connectivity index (χ1v) is 7.70. The lowest BCUT2D eigenvalue weighted by atomic mass is 10.1. The van der Waals surface area contributed by atoms with Crippen molar-refractivity contribution in [3.63, 3.8) is 0 Å². The average Bonchev–Trinajstić information content (AvgIpc) is 2.36. The molecule has 1 aliphatic heterocycles. The molecule has 1 fully saturated rings. The maximum atomic E-state index is 10.2. The van der Waals surface area contributed by atoms with Gasteiger partial charge in [-0.25, -0.2) is 0 Å². The van der Waals surface area contributed by atoms with E-state index in [-0.39, 0.29) is 12.2 Å². The maximum absolute atomic E-state index is 10.2. The normalized spacial score (nSPS) is 24.8. The van der Waals surface area contributed by atoms with E-state index in [2.05, 4.69) is 31.7 Å². The summed E-state index contributed by atoms with van der Waals surface area (Å²) in [6, 6.07) is 6.09. The van der Waals surface area contributed by atoms with Crippen LogP contribution in [0.1, 0.15) is 25.0 Å². The molecular weight excluding hydrogens is 266 g/mol. The number of morpholine rings is 1. The minimum absolute atomic E-state index is 0.223. The van der Waals surface area contributed by atoms with Crippen LogP contribution < -0.4 is 4.74 Å². The van der Waals surface area contributed by atoms with Crippen LogP contribution >= 0.6 is 0 Å². The summed E-state index contributed by atoms with van der Waals surface area (Å²) in [5, 5.41) is 10.2. The number of benzene rings is 1. The number of hydrogen-bond acceptors (Lipinski definition) is 4. The van der Waals surface area contributed by atoms with Gasteiger partial charge >= 0.3 is 0 Å². The number of rotatable bonds is 5. The van der Waals surface area contributed by atoms with Gasteiger partial charge in [-0.3, -0.25) is 4.90 Å². The Hall–Kier alpha value is -1.10. The summed E-state index contributed by atoms with van der Waals surface area (Å²) >= 11 is 0. The van der Waals surface area contributed by atoms with Gasteiger partial charge in [-0.2, -0.15) is 0 Å². The van der Waals surface area contributed by atoms with Gasteiger partial charge in [0.15, 0.2) is 0 Å². The fraction of sp³-hybridized carbons (Fsp3) is 0.647. The lowest BCUT2D eigenvalue weighted by molar-refractivity contribution is -0.0786. The van der Waals surface area contributed by atoms with E-state index in [0.717, 1.165) is 24.4 Å². The highest BCUT2D eigenvalue weighted by Crippen LogP contribution is 2.19. The van der Waals surface area contributed by atoms with E-state index in [9.17, 15) is 5.11 Å². The van der Waals surface area contributed by atoms with Crippen LogP contribution in [0.5, 0.6) is 5.75 Å². The van der Waals surface area contributed by atoms with Gasteiger partial charge in [-0.15, -0.1) is 0 Å². The highest BCUT2D eigenvalue weighted by Gasteiger charge is 2.23. The van der Waals surface area contributed by atoms with E-state index in [4.69, 9.17) is 9.47 Å². The van der Waals surface area contributed by atoms with Crippen molar-refractivity contribution in [3.8, 4) is 5.75 Å². The molecular formula is C17H27NO3. The van der Waals surface area contributed by atoms with Gasteiger partial charge in [0.1, 0.15) is 18.5 Å². The van der Waals surface area contributed by atoms with Crippen LogP contribution in [-0.2, 0) is 4.74 Å². The number of nitrogens with zero attached hydrogens (tertiary/aromatic N) is 1. The predicted molar refractivity (Wildman–Crippen MR) is 83.9 cm³/mol. The smallest absolute Gasteiger partial charge is 0.122 e. The number of ether oxygens (including phenoxy) is 2. The zero-order chi connectivity index (χ0) is 15.4. The Kier molecular flexibility index (Phi) is 5.62. The van der Waals surface area contributed by atoms with E-state index < -0.39 is 6.10 Å². The van der Waals surface area contributed by atoms with E-state index >= 15 is 0 Å². The number of hydrogen-bond donors (Lipinski definition) is 1. The third-order valence-electron chi connectivity index (χ3n) is 3.73. The second-order valence-corrected chi connectivity index (χ2v) is 6.21. The fourth-order valence-corrected chi connectivity index (χ4v) is 2.93. The molecule has 0 spiro atoms. The Labute approximate surface area is 127 Å². The van der Waals surface area contributed by atoms with Gasteiger partial charge in [-0.05, 0) is 39.3 Å². The van der Waals surface area contributed by atoms with Crippen molar-refractivity contribution in [1.29, 1.82) is 0 Å². The number of β-amino-alcohol motifs (C(OH)–C–C–N with tert-alkyl or cyclic N) is 1. The summed E-state index contributed by atoms with van der Waals surface area (Å²) in [5.74, 6) is 0.850. The Morgan fingerprint density at radius 1 is 1.29 bits per heavy atom. The first-order chi connectivity index (χ1) is 9.94. The Bertz CT molecular complexity index is 453.